The predicted molar refractivity (Wildman–Crippen MR) is 86.3 cm³/mol. The topological polar surface area (TPSA) is 18.5 Å². The first-order chi connectivity index (χ1) is 9.75. The van der Waals surface area contributed by atoms with E-state index in [4.69, 9.17) is 0 Å². The number of benzene rings is 1. The van der Waals surface area contributed by atoms with Crippen molar-refractivity contribution in [2.45, 2.75) is 19.3 Å². The van der Waals surface area contributed by atoms with Gasteiger partial charge >= 0.3 is 0 Å². The van der Waals surface area contributed by atoms with Gasteiger partial charge in [0.15, 0.2) is 0 Å². The molecule has 0 radical (unpaired) electrons. The van der Waals surface area contributed by atoms with E-state index in [2.05, 4.69) is 59.4 Å². The van der Waals surface area contributed by atoms with Gasteiger partial charge in [-0.3, -0.25) is 0 Å². The molecule has 0 bridgehead atoms. The normalized spacial score (nSPS) is 19.1. The zero-order valence-electron chi connectivity index (χ0n) is 13.0. The molecule has 0 aliphatic carbocycles. The number of nitrogens with zero attached hydrogens (tertiary/aromatic N) is 2. The largest absolute Gasteiger partial charge is 0.316 e. The van der Waals surface area contributed by atoms with Crippen LogP contribution < -0.4 is 5.32 Å². The molecular weight excluding hydrogens is 246 g/mol. The van der Waals surface area contributed by atoms with Crippen molar-refractivity contribution in [1.82, 2.24) is 15.1 Å². The summed E-state index contributed by atoms with van der Waals surface area (Å²) in [7, 11) is 2.21. The Morgan fingerprint density at radius 3 is 2.50 bits per heavy atom. The predicted octanol–water partition coefficient (Wildman–Crippen LogP) is 2.02. The third-order valence-electron chi connectivity index (χ3n) is 4.24. The van der Waals surface area contributed by atoms with Gasteiger partial charge in [0, 0.05) is 32.7 Å². The molecule has 0 amide bonds. The molecule has 1 aromatic rings. The molecule has 0 aromatic heterocycles. The van der Waals surface area contributed by atoms with Gasteiger partial charge in [-0.05, 0) is 38.0 Å². The first-order valence-electron chi connectivity index (χ1n) is 7.92. The Balaban J connectivity index is 1.53. The van der Waals surface area contributed by atoms with Crippen LogP contribution in [0.5, 0.6) is 0 Å². The Morgan fingerprint density at radius 2 is 1.80 bits per heavy atom. The highest BCUT2D eigenvalue weighted by molar-refractivity contribution is 5.18. The summed E-state index contributed by atoms with van der Waals surface area (Å²) in [6, 6.07) is 10.8. The van der Waals surface area contributed by atoms with Gasteiger partial charge in [-0.15, -0.1) is 0 Å². The van der Waals surface area contributed by atoms with Crippen molar-refractivity contribution in [1.29, 1.82) is 0 Å². The molecule has 1 fully saturated rings. The fraction of sp³-hybridized carbons (Fsp3) is 0.647. The van der Waals surface area contributed by atoms with E-state index in [1.54, 1.807) is 0 Å². The summed E-state index contributed by atoms with van der Waals surface area (Å²) in [5.74, 6) is 0.597. The first kappa shape index (κ1) is 15.5. The van der Waals surface area contributed by atoms with Gasteiger partial charge in [-0.2, -0.15) is 0 Å². The van der Waals surface area contributed by atoms with Crippen LogP contribution in [0.2, 0.25) is 0 Å². The van der Waals surface area contributed by atoms with Crippen LogP contribution in [0.15, 0.2) is 30.3 Å². The van der Waals surface area contributed by atoms with E-state index in [1.165, 1.54) is 44.7 Å². The van der Waals surface area contributed by atoms with Crippen molar-refractivity contribution < 1.29 is 0 Å². The Labute approximate surface area is 124 Å². The number of hydrogen-bond acceptors (Lipinski definition) is 3. The van der Waals surface area contributed by atoms with Crippen molar-refractivity contribution in [2.75, 3.05) is 52.9 Å². The van der Waals surface area contributed by atoms with Crippen LogP contribution in [0, 0.1) is 0 Å². The third kappa shape index (κ3) is 5.23. The van der Waals surface area contributed by atoms with E-state index in [1.807, 2.05) is 0 Å². The Bertz CT molecular complexity index is 358. The molecule has 1 N–H and O–H groups in total. The van der Waals surface area contributed by atoms with Gasteiger partial charge in [0.2, 0.25) is 0 Å². The molecule has 3 nitrogen and oxygen atoms in total. The van der Waals surface area contributed by atoms with E-state index in [0.717, 1.165) is 13.1 Å². The van der Waals surface area contributed by atoms with E-state index in [-0.39, 0.29) is 0 Å². The minimum absolute atomic E-state index is 0.597. The highest BCUT2D eigenvalue weighted by Gasteiger charge is 2.12. The maximum atomic E-state index is 3.59. The highest BCUT2D eigenvalue weighted by Crippen LogP contribution is 2.12. The van der Waals surface area contributed by atoms with E-state index in [9.17, 15) is 0 Å². The third-order valence-corrected chi connectivity index (χ3v) is 4.24. The molecule has 0 spiro atoms. The summed E-state index contributed by atoms with van der Waals surface area (Å²) in [5.41, 5.74) is 1.43. The Kier molecular flexibility index (Phi) is 6.51. The molecule has 1 unspecified atom stereocenters. The maximum Gasteiger partial charge on any atom is 0.0110 e. The van der Waals surface area contributed by atoms with Gasteiger partial charge in [-0.1, -0.05) is 37.3 Å². The Hall–Kier alpha value is -0.900. The quantitative estimate of drug-likeness (QED) is 0.768. The molecule has 1 aromatic carbocycles. The van der Waals surface area contributed by atoms with Gasteiger partial charge in [0.1, 0.15) is 0 Å². The summed E-state index contributed by atoms with van der Waals surface area (Å²) < 4.78 is 0. The van der Waals surface area contributed by atoms with Gasteiger partial charge in [0.05, 0.1) is 0 Å². The van der Waals surface area contributed by atoms with E-state index in [0.29, 0.717) is 5.92 Å². The first-order valence-corrected chi connectivity index (χ1v) is 7.92. The molecule has 1 heterocycles. The zero-order valence-corrected chi connectivity index (χ0v) is 13.0. The second-order valence-corrected chi connectivity index (χ2v) is 6.01. The summed E-state index contributed by atoms with van der Waals surface area (Å²) in [6.45, 7) is 10.6. The van der Waals surface area contributed by atoms with Gasteiger partial charge in [0.25, 0.3) is 0 Å². The average molecular weight is 275 g/mol. The van der Waals surface area contributed by atoms with Crippen molar-refractivity contribution >= 4 is 0 Å². The van der Waals surface area contributed by atoms with Crippen LogP contribution in [0.1, 0.15) is 24.8 Å². The van der Waals surface area contributed by atoms with Crippen LogP contribution in [-0.4, -0.2) is 62.7 Å². The zero-order chi connectivity index (χ0) is 14.2. The van der Waals surface area contributed by atoms with Crippen LogP contribution in [0.4, 0.5) is 0 Å². The van der Waals surface area contributed by atoms with Crippen molar-refractivity contribution in [3.8, 4) is 0 Å². The molecule has 0 saturated carbocycles. The molecule has 2 rings (SSSR count). The van der Waals surface area contributed by atoms with Crippen LogP contribution >= 0.6 is 0 Å². The van der Waals surface area contributed by atoms with Crippen LogP contribution in [-0.2, 0) is 0 Å². The summed E-state index contributed by atoms with van der Waals surface area (Å²) in [6.07, 6.45) is 1.26. The number of rotatable bonds is 7. The number of piperazine rings is 1. The molecule has 3 heteroatoms. The molecule has 1 atom stereocenters. The molecule has 1 aliphatic heterocycles. The van der Waals surface area contributed by atoms with Crippen LogP contribution in [0.25, 0.3) is 0 Å². The summed E-state index contributed by atoms with van der Waals surface area (Å²) in [5, 5.41) is 3.59. The average Bonchev–Trinajstić information content (AvgIpc) is 2.49. The lowest BCUT2D eigenvalue weighted by molar-refractivity contribution is 0.153. The lowest BCUT2D eigenvalue weighted by Gasteiger charge is -2.32. The molecule has 1 saturated heterocycles. The van der Waals surface area contributed by atoms with Crippen LogP contribution in [0.3, 0.4) is 0 Å². The lowest BCUT2D eigenvalue weighted by Crippen LogP contribution is -2.45. The van der Waals surface area contributed by atoms with Gasteiger partial charge < -0.3 is 15.1 Å². The summed E-state index contributed by atoms with van der Waals surface area (Å²) in [4.78, 5) is 5.00. The summed E-state index contributed by atoms with van der Waals surface area (Å²) >= 11 is 0. The molecule has 112 valence electrons. The maximum absolute atomic E-state index is 3.59. The van der Waals surface area contributed by atoms with Crippen molar-refractivity contribution in [3.63, 3.8) is 0 Å². The van der Waals surface area contributed by atoms with Crippen molar-refractivity contribution in [3.05, 3.63) is 35.9 Å². The number of likely N-dealkylation sites (N-methyl/N-ethyl adjacent to an activating group) is 1. The number of hydrogen-bond donors (Lipinski definition) is 1. The highest BCUT2D eigenvalue weighted by atomic mass is 15.2. The fourth-order valence-corrected chi connectivity index (χ4v) is 2.72. The van der Waals surface area contributed by atoms with E-state index >= 15 is 0 Å². The minimum Gasteiger partial charge on any atom is -0.316 e. The second-order valence-electron chi connectivity index (χ2n) is 6.01. The molecule has 1 aliphatic rings. The SMILES string of the molecule is CC(CNCCCN1CCN(C)CC1)c1ccccc1. The smallest absolute Gasteiger partial charge is 0.0110 e. The standard InChI is InChI=1S/C17H29N3/c1-16(17-7-4-3-5-8-17)15-18-9-6-10-20-13-11-19(2)12-14-20/h3-5,7-8,16,18H,6,9-15H2,1-2H3. The second kappa shape index (κ2) is 8.40. The Morgan fingerprint density at radius 1 is 1.10 bits per heavy atom. The monoisotopic (exact) mass is 275 g/mol. The van der Waals surface area contributed by atoms with Gasteiger partial charge in [-0.25, -0.2) is 0 Å². The number of nitrogens with one attached hydrogen (secondary N) is 1. The fourth-order valence-electron chi connectivity index (χ4n) is 2.72. The van der Waals surface area contributed by atoms with E-state index < -0.39 is 0 Å². The molecular formula is C17H29N3. The minimum atomic E-state index is 0.597. The van der Waals surface area contributed by atoms with Crippen molar-refractivity contribution in [2.24, 2.45) is 0 Å². The lowest BCUT2D eigenvalue weighted by atomic mass is 10.0. The molecule has 20 heavy (non-hydrogen) atoms.